The Labute approximate surface area is 103 Å². The van der Waals surface area contributed by atoms with Crippen molar-refractivity contribution < 1.29 is 4.74 Å². The van der Waals surface area contributed by atoms with Gasteiger partial charge in [-0.2, -0.15) is 0 Å². The van der Waals surface area contributed by atoms with Crippen molar-refractivity contribution in [1.82, 2.24) is 15.2 Å². The first-order valence-electron chi connectivity index (χ1n) is 6.05. The van der Waals surface area contributed by atoms with Gasteiger partial charge in [-0.15, -0.1) is 0 Å². The van der Waals surface area contributed by atoms with Crippen LogP contribution in [0.4, 0.5) is 0 Å². The lowest BCUT2D eigenvalue weighted by Gasteiger charge is -2.39. The molecule has 1 fully saturated rings. The third-order valence-electron chi connectivity index (χ3n) is 3.06. The van der Waals surface area contributed by atoms with Gasteiger partial charge in [-0.1, -0.05) is 6.07 Å². The van der Waals surface area contributed by atoms with Crippen molar-refractivity contribution in [1.29, 1.82) is 0 Å². The second-order valence-electron chi connectivity index (χ2n) is 5.23. The number of methoxy groups -OCH3 is 1. The Morgan fingerprint density at radius 3 is 2.88 bits per heavy atom. The molecule has 1 aliphatic heterocycles. The number of aromatic nitrogens is 1. The molecule has 1 saturated heterocycles. The van der Waals surface area contributed by atoms with E-state index in [0.717, 1.165) is 26.2 Å². The van der Waals surface area contributed by atoms with Gasteiger partial charge in [-0.05, 0) is 19.4 Å². The topological polar surface area (TPSA) is 37.4 Å². The minimum Gasteiger partial charge on any atom is -0.481 e. The van der Waals surface area contributed by atoms with E-state index in [4.69, 9.17) is 4.74 Å². The highest BCUT2D eigenvalue weighted by molar-refractivity contribution is 5.17. The Bertz CT molecular complexity index is 361. The van der Waals surface area contributed by atoms with Crippen LogP contribution in [0.5, 0.6) is 5.88 Å². The quantitative estimate of drug-likeness (QED) is 0.856. The van der Waals surface area contributed by atoms with Gasteiger partial charge in [0.05, 0.1) is 7.11 Å². The van der Waals surface area contributed by atoms with Crippen molar-refractivity contribution in [3.8, 4) is 5.88 Å². The van der Waals surface area contributed by atoms with E-state index >= 15 is 0 Å². The number of nitrogens with zero attached hydrogens (tertiary/aromatic N) is 2. The molecule has 94 valence electrons. The van der Waals surface area contributed by atoms with Crippen molar-refractivity contribution in [2.75, 3.05) is 26.7 Å². The first-order valence-corrected chi connectivity index (χ1v) is 6.05. The smallest absolute Gasteiger partial charge is 0.212 e. The number of hydrogen-bond donors (Lipinski definition) is 1. The van der Waals surface area contributed by atoms with Crippen LogP contribution in [0.25, 0.3) is 0 Å². The summed E-state index contributed by atoms with van der Waals surface area (Å²) >= 11 is 0. The van der Waals surface area contributed by atoms with Crippen molar-refractivity contribution in [2.24, 2.45) is 0 Å². The molecule has 0 radical (unpaired) electrons. The van der Waals surface area contributed by atoms with Crippen LogP contribution in [0.15, 0.2) is 18.3 Å². The van der Waals surface area contributed by atoms with Crippen LogP contribution in [0.2, 0.25) is 0 Å². The summed E-state index contributed by atoms with van der Waals surface area (Å²) in [6.45, 7) is 8.66. The largest absolute Gasteiger partial charge is 0.481 e. The maximum Gasteiger partial charge on any atom is 0.212 e. The fraction of sp³-hybridized carbons (Fsp3) is 0.615. The Balaban J connectivity index is 1.95. The zero-order valence-corrected chi connectivity index (χ0v) is 10.9. The van der Waals surface area contributed by atoms with E-state index in [1.165, 1.54) is 5.56 Å². The van der Waals surface area contributed by atoms with Gasteiger partial charge >= 0.3 is 0 Å². The van der Waals surface area contributed by atoms with Crippen molar-refractivity contribution in [3.63, 3.8) is 0 Å². The normalized spacial score (nSPS) is 20.2. The number of piperazine rings is 1. The predicted octanol–water partition coefficient (Wildman–Crippen LogP) is 1.27. The molecule has 1 aromatic rings. The monoisotopic (exact) mass is 235 g/mol. The third-order valence-corrected chi connectivity index (χ3v) is 3.06. The van der Waals surface area contributed by atoms with Gasteiger partial charge in [0.1, 0.15) is 0 Å². The van der Waals surface area contributed by atoms with E-state index in [-0.39, 0.29) is 5.54 Å². The second kappa shape index (κ2) is 5.02. The molecule has 4 nitrogen and oxygen atoms in total. The SMILES string of the molecule is COc1ccc(CN2CCNC(C)(C)C2)cn1. The minimum atomic E-state index is 0.206. The van der Waals surface area contributed by atoms with E-state index in [2.05, 4.69) is 35.1 Å². The standard InChI is InChI=1S/C13H21N3O/c1-13(2)10-16(7-6-15-13)9-11-4-5-12(17-3)14-8-11/h4-5,8,15H,6-7,9-10H2,1-3H3. The zero-order chi connectivity index (χ0) is 12.3. The van der Waals surface area contributed by atoms with Crippen molar-refractivity contribution in [3.05, 3.63) is 23.9 Å². The van der Waals surface area contributed by atoms with Gasteiger partial charge in [0.25, 0.3) is 0 Å². The molecule has 0 aromatic carbocycles. The second-order valence-corrected chi connectivity index (χ2v) is 5.23. The summed E-state index contributed by atoms with van der Waals surface area (Å²) in [5.41, 5.74) is 1.45. The maximum atomic E-state index is 5.06. The molecule has 0 spiro atoms. The van der Waals surface area contributed by atoms with E-state index in [1.807, 2.05) is 12.3 Å². The van der Waals surface area contributed by atoms with Crippen LogP contribution in [0.3, 0.4) is 0 Å². The van der Waals surface area contributed by atoms with Crippen molar-refractivity contribution >= 4 is 0 Å². The summed E-state index contributed by atoms with van der Waals surface area (Å²) in [7, 11) is 1.64. The highest BCUT2D eigenvalue weighted by Crippen LogP contribution is 2.14. The molecule has 0 aliphatic carbocycles. The van der Waals surface area contributed by atoms with Gasteiger partial charge in [-0.3, -0.25) is 4.90 Å². The average molecular weight is 235 g/mol. The Morgan fingerprint density at radius 2 is 2.29 bits per heavy atom. The number of ether oxygens (including phenoxy) is 1. The number of pyridine rings is 1. The van der Waals surface area contributed by atoms with Crippen molar-refractivity contribution in [2.45, 2.75) is 25.9 Å². The van der Waals surface area contributed by atoms with Gasteiger partial charge in [-0.25, -0.2) is 4.98 Å². The number of rotatable bonds is 3. The summed E-state index contributed by atoms with van der Waals surface area (Å²) in [4.78, 5) is 6.69. The summed E-state index contributed by atoms with van der Waals surface area (Å²) in [6.07, 6.45) is 1.90. The highest BCUT2D eigenvalue weighted by Gasteiger charge is 2.25. The highest BCUT2D eigenvalue weighted by atomic mass is 16.5. The minimum absolute atomic E-state index is 0.206. The van der Waals surface area contributed by atoms with Crippen LogP contribution < -0.4 is 10.1 Å². The molecule has 1 aliphatic rings. The lowest BCUT2D eigenvalue weighted by molar-refractivity contribution is 0.148. The summed E-state index contributed by atoms with van der Waals surface area (Å²) in [5.74, 6) is 0.675. The molecule has 0 atom stereocenters. The molecule has 0 bridgehead atoms. The van der Waals surface area contributed by atoms with Crippen LogP contribution in [0, 0.1) is 0 Å². The zero-order valence-electron chi connectivity index (χ0n) is 10.9. The van der Waals surface area contributed by atoms with E-state index in [1.54, 1.807) is 7.11 Å². The molecule has 2 heterocycles. The number of hydrogen-bond acceptors (Lipinski definition) is 4. The van der Waals surface area contributed by atoms with Crippen LogP contribution in [-0.4, -0.2) is 42.2 Å². The summed E-state index contributed by atoms with van der Waals surface area (Å²) in [6, 6.07) is 4.00. The summed E-state index contributed by atoms with van der Waals surface area (Å²) < 4.78 is 5.06. The van der Waals surface area contributed by atoms with Crippen LogP contribution in [-0.2, 0) is 6.54 Å². The molecule has 2 rings (SSSR count). The number of nitrogens with one attached hydrogen (secondary N) is 1. The van der Waals surface area contributed by atoms with Gasteiger partial charge < -0.3 is 10.1 Å². The fourth-order valence-electron chi connectivity index (χ4n) is 2.26. The maximum absolute atomic E-state index is 5.06. The fourth-order valence-corrected chi connectivity index (χ4v) is 2.26. The molecular formula is C13H21N3O. The molecule has 1 N–H and O–H groups in total. The first-order chi connectivity index (χ1) is 8.09. The Hall–Kier alpha value is -1.13. The predicted molar refractivity (Wildman–Crippen MR) is 68.1 cm³/mol. The van der Waals surface area contributed by atoms with Gasteiger partial charge in [0.2, 0.25) is 5.88 Å². The molecule has 17 heavy (non-hydrogen) atoms. The van der Waals surface area contributed by atoms with E-state index < -0.39 is 0 Å². The van der Waals surface area contributed by atoms with Gasteiger partial charge in [0, 0.05) is 44.0 Å². The molecular weight excluding hydrogens is 214 g/mol. The van der Waals surface area contributed by atoms with Crippen LogP contribution >= 0.6 is 0 Å². The average Bonchev–Trinajstić information content (AvgIpc) is 2.29. The molecule has 0 amide bonds. The lowest BCUT2D eigenvalue weighted by atomic mass is 10.0. The Morgan fingerprint density at radius 1 is 1.47 bits per heavy atom. The molecule has 0 unspecified atom stereocenters. The van der Waals surface area contributed by atoms with Gasteiger partial charge in [0.15, 0.2) is 0 Å². The van der Waals surface area contributed by atoms with E-state index in [9.17, 15) is 0 Å². The van der Waals surface area contributed by atoms with E-state index in [0.29, 0.717) is 5.88 Å². The molecule has 1 aromatic heterocycles. The summed E-state index contributed by atoms with van der Waals surface area (Å²) in [5, 5.41) is 3.52. The third kappa shape index (κ3) is 3.41. The first kappa shape index (κ1) is 12.3. The Kier molecular flexibility index (Phi) is 3.64. The molecule has 4 heteroatoms. The lowest BCUT2D eigenvalue weighted by Crippen LogP contribution is -2.56. The molecule has 0 saturated carbocycles. The van der Waals surface area contributed by atoms with Crippen LogP contribution in [0.1, 0.15) is 19.4 Å².